The van der Waals surface area contributed by atoms with Crippen LogP contribution in [0.25, 0.3) is 0 Å². The fraction of sp³-hybridized carbons (Fsp3) is 0.400. The Labute approximate surface area is 81.7 Å². The molecule has 1 rings (SSSR count). The molecule has 0 saturated carbocycles. The van der Waals surface area contributed by atoms with E-state index in [1.807, 2.05) is 0 Å². The molecule has 0 unspecified atom stereocenters. The molecule has 1 aromatic carbocycles. The van der Waals surface area contributed by atoms with Crippen LogP contribution < -0.4 is 5.73 Å². The van der Waals surface area contributed by atoms with Gasteiger partial charge in [-0.2, -0.15) is 0 Å². The summed E-state index contributed by atoms with van der Waals surface area (Å²) in [4.78, 5) is 0. The zero-order chi connectivity index (χ0) is 10.4. The molecule has 0 aliphatic heterocycles. The minimum absolute atomic E-state index is 0.470. The molecule has 0 atom stereocenters. The van der Waals surface area contributed by atoms with Gasteiger partial charge in [0.15, 0.2) is 11.6 Å². The van der Waals surface area contributed by atoms with Crippen molar-refractivity contribution < 1.29 is 13.5 Å². The highest BCUT2D eigenvalue weighted by Crippen LogP contribution is 2.09. The first-order chi connectivity index (χ1) is 6.74. The SMILES string of the molecule is NCCOCCc1ccc(F)c(F)c1. The highest BCUT2D eigenvalue weighted by atomic mass is 19.2. The Bertz CT molecular complexity index is 291. The summed E-state index contributed by atoms with van der Waals surface area (Å²) in [6, 6.07) is 3.85. The first kappa shape index (κ1) is 11.1. The Morgan fingerprint density at radius 2 is 1.93 bits per heavy atom. The van der Waals surface area contributed by atoms with Crippen molar-refractivity contribution in [3.63, 3.8) is 0 Å². The topological polar surface area (TPSA) is 35.2 Å². The van der Waals surface area contributed by atoms with Crippen LogP contribution in [0.5, 0.6) is 0 Å². The third-order valence-corrected chi connectivity index (χ3v) is 1.78. The fourth-order valence-electron chi connectivity index (χ4n) is 1.07. The van der Waals surface area contributed by atoms with E-state index < -0.39 is 11.6 Å². The molecule has 0 bridgehead atoms. The van der Waals surface area contributed by atoms with E-state index in [1.165, 1.54) is 6.07 Å². The van der Waals surface area contributed by atoms with Gasteiger partial charge in [-0.25, -0.2) is 8.78 Å². The van der Waals surface area contributed by atoms with E-state index in [0.29, 0.717) is 26.2 Å². The molecular weight excluding hydrogens is 188 g/mol. The monoisotopic (exact) mass is 201 g/mol. The van der Waals surface area contributed by atoms with Crippen molar-refractivity contribution in [2.75, 3.05) is 19.8 Å². The van der Waals surface area contributed by atoms with Crippen LogP contribution in [0.3, 0.4) is 0 Å². The van der Waals surface area contributed by atoms with Crippen molar-refractivity contribution in [2.45, 2.75) is 6.42 Å². The van der Waals surface area contributed by atoms with E-state index in [0.717, 1.165) is 11.6 Å². The minimum Gasteiger partial charge on any atom is -0.380 e. The van der Waals surface area contributed by atoms with E-state index in [9.17, 15) is 8.78 Å². The lowest BCUT2D eigenvalue weighted by Gasteiger charge is -2.03. The van der Waals surface area contributed by atoms with Gasteiger partial charge >= 0.3 is 0 Å². The number of ether oxygens (including phenoxy) is 1. The number of hydrogen-bond donors (Lipinski definition) is 1. The Morgan fingerprint density at radius 3 is 2.57 bits per heavy atom. The van der Waals surface area contributed by atoms with Gasteiger partial charge in [0, 0.05) is 6.54 Å². The van der Waals surface area contributed by atoms with Gasteiger partial charge in [0.2, 0.25) is 0 Å². The molecule has 0 radical (unpaired) electrons. The van der Waals surface area contributed by atoms with E-state index in [-0.39, 0.29) is 0 Å². The quantitative estimate of drug-likeness (QED) is 0.732. The van der Waals surface area contributed by atoms with Gasteiger partial charge in [-0.3, -0.25) is 0 Å². The van der Waals surface area contributed by atoms with Crippen LogP contribution in [0.4, 0.5) is 8.78 Å². The molecule has 4 heteroatoms. The van der Waals surface area contributed by atoms with Crippen molar-refractivity contribution in [2.24, 2.45) is 5.73 Å². The summed E-state index contributed by atoms with van der Waals surface area (Å²) in [6.45, 7) is 1.43. The smallest absolute Gasteiger partial charge is 0.159 e. The van der Waals surface area contributed by atoms with Crippen LogP contribution in [0.1, 0.15) is 5.56 Å². The van der Waals surface area contributed by atoms with Gasteiger partial charge in [-0.15, -0.1) is 0 Å². The van der Waals surface area contributed by atoms with Gasteiger partial charge in [-0.05, 0) is 24.1 Å². The molecule has 0 aliphatic carbocycles. The second-order valence-electron chi connectivity index (χ2n) is 2.90. The lowest BCUT2D eigenvalue weighted by atomic mass is 10.1. The summed E-state index contributed by atoms with van der Waals surface area (Å²) >= 11 is 0. The first-order valence-corrected chi connectivity index (χ1v) is 4.46. The van der Waals surface area contributed by atoms with Gasteiger partial charge in [0.1, 0.15) is 0 Å². The standard InChI is InChI=1S/C10H13F2NO/c11-9-2-1-8(7-10(9)12)3-5-14-6-4-13/h1-2,7H,3-6,13H2. The Hall–Kier alpha value is -1.00. The molecule has 0 amide bonds. The third-order valence-electron chi connectivity index (χ3n) is 1.78. The predicted molar refractivity (Wildman–Crippen MR) is 49.9 cm³/mol. The lowest BCUT2D eigenvalue weighted by Crippen LogP contribution is -2.10. The average Bonchev–Trinajstić information content (AvgIpc) is 2.18. The summed E-state index contributed by atoms with van der Waals surface area (Å²) in [5.74, 6) is -1.64. The third kappa shape index (κ3) is 3.40. The van der Waals surface area contributed by atoms with Crippen molar-refractivity contribution >= 4 is 0 Å². The minimum atomic E-state index is -0.823. The summed E-state index contributed by atoms with van der Waals surface area (Å²) < 4.78 is 30.4. The van der Waals surface area contributed by atoms with Crippen LogP contribution in [-0.4, -0.2) is 19.8 Å². The Morgan fingerprint density at radius 1 is 1.14 bits per heavy atom. The summed E-state index contributed by atoms with van der Waals surface area (Å²) in [6.07, 6.45) is 0.567. The highest BCUT2D eigenvalue weighted by molar-refractivity contribution is 5.17. The van der Waals surface area contributed by atoms with Crippen molar-refractivity contribution in [3.8, 4) is 0 Å². The maximum atomic E-state index is 12.7. The van der Waals surface area contributed by atoms with Crippen molar-refractivity contribution in [1.29, 1.82) is 0 Å². The van der Waals surface area contributed by atoms with Gasteiger partial charge in [-0.1, -0.05) is 6.07 Å². The summed E-state index contributed by atoms with van der Waals surface area (Å²) in [7, 11) is 0. The van der Waals surface area contributed by atoms with Crippen LogP contribution in [0.15, 0.2) is 18.2 Å². The molecule has 78 valence electrons. The molecule has 2 nitrogen and oxygen atoms in total. The van der Waals surface area contributed by atoms with E-state index in [4.69, 9.17) is 10.5 Å². The van der Waals surface area contributed by atoms with Crippen molar-refractivity contribution in [3.05, 3.63) is 35.4 Å². The number of rotatable bonds is 5. The lowest BCUT2D eigenvalue weighted by molar-refractivity contribution is 0.144. The largest absolute Gasteiger partial charge is 0.380 e. The number of nitrogens with two attached hydrogens (primary N) is 1. The van der Waals surface area contributed by atoms with Crippen molar-refractivity contribution in [1.82, 2.24) is 0 Å². The maximum absolute atomic E-state index is 12.7. The van der Waals surface area contributed by atoms with Gasteiger partial charge in [0.05, 0.1) is 13.2 Å². The Balaban J connectivity index is 2.39. The number of hydrogen-bond acceptors (Lipinski definition) is 2. The summed E-state index contributed by atoms with van der Waals surface area (Å²) in [5.41, 5.74) is 5.94. The highest BCUT2D eigenvalue weighted by Gasteiger charge is 2.01. The van der Waals surface area contributed by atoms with E-state index >= 15 is 0 Å². The first-order valence-electron chi connectivity index (χ1n) is 4.46. The zero-order valence-corrected chi connectivity index (χ0v) is 7.80. The number of benzene rings is 1. The molecule has 0 spiro atoms. The van der Waals surface area contributed by atoms with Gasteiger partial charge in [0.25, 0.3) is 0 Å². The molecule has 0 aliphatic rings. The zero-order valence-electron chi connectivity index (χ0n) is 7.80. The molecular formula is C10H13F2NO. The molecule has 0 saturated heterocycles. The molecule has 0 aromatic heterocycles. The molecule has 0 fully saturated rings. The predicted octanol–water partition coefficient (Wildman–Crippen LogP) is 1.48. The van der Waals surface area contributed by atoms with Crippen LogP contribution in [0, 0.1) is 11.6 Å². The summed E-state index contributed by atoms with van der Waals surface area (Å²) in [5, 5.41) is 0. The molecule has 1 aromatic rings. The molecule has 14 heavy (non-hydrogen) atoms. The van der Waals surface area contributed by atoms with Crippen LogP contribution >= 0.6 is 0 Å². The van der Waals surface area contributed by atoms with E-state index in [2.05, 4.69) is 0 Å². The second-order valence-corrected chi connectivity index (χ2v) is 2.90. The molecule has 0 heterocycles. The maximum Gasteiger partial charge on any atom is 0.159 e. The van der Waals surface area contributed by atoms with Gasteiger partial charge < -0.3 is 10.5 Å². The van der Waals surface area contributed by atoms with Crippen LogP contribution in [0.2, 0.25) is 0 Å². The Kier molecular flexibility index (Phi) is 4.49. The second kappa shape index (κ2) is 5.67. The van der Waals surface area contributed by atoms with Crippen LogP contribution in [-0.2, 0) is 11.2 Å². The molecule has 2 N–H and O–H groups in total. The fourth-order valence-corrected chi connectivity index (χ4v) is 1.07. The number of halogens is 2. The average molecular weight is 201 g/mol. The normalized spacial score (nSPS) is 10.5. The van der Waals surface area contributed by atoms with E-state index in [1.54, 1.807) is 6.07 Å².